The Morgan fingerprint density at radius 1 is 1.50 bits per heavy atom. The van der Waals surface area contributed by atoms with E-state index in [0.717, 1.165) is 20.1 Å². The number of hydrogen-bond acceptors (Lipinski definition) is 3. The number of nitro groups is 1. The summed E-state index contributed by atoms with van der Waals surface area (Å²) < 4.78 is 1.97. The molecule has 2 rings (SSSR count). The summed E-state index contributed by atoms with van der Waals surface area (Å²) in [7, 11) is 0. The smallest absolute Gasteiger partial charge is 0.258 e. The van der Waals surface area contributed by atoms with Crippen LogP contribution in [0.2, 0.25) is 0 Å². The third-order valence-corrected chi connectivity index (χ3v) is 4.12. The fourth-order valence-corrected chi connectivity index (χ4v) is 2.73. The lowest BCUT2D eigenvalue weighted by molar-refractivity contribution is -0.380. The Morgan fingerprint density at radius 3 is 2.86 bits per heavy atom. The van der Waals surface area contributed by atoms with Gasteiger partial charge in [0, 0.05) is 15.2 Å². The van der Waals surface area contributed by atoms with Crippen molar-refractivity contribution in [2.24, 2.45) is 0 Å². The fraction of sp³-hybridized carbons (Fsp3) is 0.111. The highest BCUT2D eigenvalue weighted by molar-refractivity contribution is 9.10. The van der Waals surface area contributed by atoms with Crippen LogP contribution in [0.3, 0.4) is 0 Å². The largest absolute Gasteiger partial charge is 0.325 e. The third kappa shape index (κ3) is 1.42. The summed E-state index contributed by atoms with van der Waals surface area (Å²) in [6.45, 7) is 1.95. The van der Waals surface area contributed by atoms with Crippen molar-refractivity contribution in [1.29, 1.82) is 0 Å². The zero-order valence-corrected chi connectivity index (χ0v) is 9.68. The maximum atomic E-state index is 10.6. The zero-order chi connectivity index (χ0) is 10.3. The van der Waals surface area contributed by atoms with Crippen molar-refractivity contribution < 1.29 is 4.92 Å². The molecule has 0 fully saturated rings. The topological polar surface area (TPSA) is 43.1 Å². The van der Waals surface area contributed by atoms with E-state index in [1.54, 1.807) is 6.07 Å². The second-order valence-corrected chi connectivity index (χ2v) is 4.82. The van der Waals surface area contributed by atoms with Gasteiger partial charge in [0.25, 0.3) is 0 Å². The lowest BCUT2D eigenvalue weighted by Gasteiger charge is -1.96. The third-order valence-electron chi connectivity index (χ3n) is 2.04. The Balaban J connectivity index is 2.77. The number of halogens is 1. The average Bonchev–Trinajstić information content (AvgIpc) is 2.56. The lowest BCUT2D eigenvalue weighted by Crippen LogP contribution is -1.80. The molecule has 0 saturated carbocycles. The molecule has 1 heterocycles. The zero-order valence-electron chi connectivity index (χ0n) is 7.28. The highest BCUT2D eigenvalue weighted by atomic mass is 79.9. The van der Waals surface area contributed by atoms with Gasteiger partial charge in [-0.15, -0.1) is 0 Å². The van der Waals surface area contributed by atoms with E-state index in [1.807, 2.05) is 19.1 Å². The van der Waals surface area contributed by atoms with Gasteiger partial charge in [-0.25, -0.2) is 0 Å². The molecule has 14 heavy (non-hydrogen) atoms. The summed E-state index contributed by atoms with van der Waals surface area (Å²) in [5, 5.41) is 11.7. The highest BCUT2D eigenvalue weighted by Crippen LogP contribution is 2.36. The Bertz CT molecular complexity index is 521. The average molecular weight is 272 g/mol. The maximum absolute atomic E-state index is 10.6. The predicted molar refractivity (Wildman–Crippen MR) is 60.9 cm³/mol. The first-order valence-corrected chi connectivity index (χ1v) is 5.53. The molecule has 0 N–H and O–H groups in total. The number of nitrogens with zero attached hydrogens (tertiary/aromatic N) is 1. The quantitative estimate of drug-likeness (QED) is 0.584. The van der Waals surface area contributed by atoms with Crippen molar-refractivity contribution >= 4 is 42.4 Å². The van der Waals surface area contributed by atoms with E-state index in [2.05, 4.69) is 15.9 Å². The normalized spacial score (nSPS) is 10.7. The van der Waals surface area contributed by atoms with E-state index < -0.39 is 0 Å². The fourth-order valence-electron chi connectivity index (χ4n) is 1.29. The standard InChI is InChI=1S/C9H6BrNO2S/c1-5-7(10)3-2-6-4-8(11(12)13)14-9(5)6/h2-4H,1H3. The SMILES string of the molecule is Cc1c(Br)ccc2cc([N+](=O)[O-])sc12. The molecule has 0 bridgehead atoms. The predicted octanol–water partition coefficient (Wildman–Crippen LogP) is 3.88. The summed E-state index contributed by atoms with van der Waals surface area (Å²) in [5.74, 6) is 0. The minimum Gasteiger partial charge on any atom is -0.258 e. The summed E-state index contributed by atoms with van der Waals surface area (Å²) in [5.41, 5.74) is 1.06. The van der Waals surface area contributed by atoms with Crippen molar-refractivity contribution in [1.82, 2.24) is 0 Å². The molecule has 0 spiro atoms. The number of thiophene rings is 1. The van der Waals surface area contributed by atoms with Crippen molar-refractivity contribution in [2.45, 2.75) is 6.92 Å². The van der Waals surface area contributed by atoms with Crippen LogP contribution >= 0.6 is 27.3 Å². The van der Waals surface area contributed by atoms with Gasteiger partial charge in [0.2, 0.25) is 0 Å². The van der Waals surface area contributed by atoms with E-state index in [4.69, 9.17) is 0 Å². The monoisotopic (exact) mass is 271 g/mol. The van der Waals surface area contributed by atoms with E-state index in [0.29, 0.717) is 0 Å². The molecule has 0 radical (unpaired) electrons. The van der Waals surface area contributed by atoms with Gasteiger partial charge in [0.05, 0.1) is 4.92 Å². The number of aryl methyl sites for hydroxylation is 1. The molecule has 0 unspecified atom stereocenters. The molecule has 0 aliphatic heterocycles. The van der Waals surface area contributed by atoms with Crippen LogP contribution in [-0.4, -0.2) is 4.92 Å². The van der Waals surface area contributed by atoms with E-state index >= 15 is 0 Å². The molecule has 0 saturated heterocycles. The van der Waals surface area contributed by atoms with Crippen LogP contribution in [0.15, 0.2) is 22.7 Å². The van der Waals surface area contributed by atoms with Gasteiger partial charge in [-0.2, -0.15) is 0 Å². The first-order valence-electron chi connectivity index (χ1n) is 3.92. The van der Waals surface area contributed by atoms with Crippen LogP contribution < -0.4 is 0 Å². The van der Waals surface area contributed by atoms with Crippen molar-refractivity contribution in [3.8, 4) is 0 Å². The second kappa shape index (κ2) is 3.33. The molecule has 72 valence electrons. The molecule has 0 atom stereocenters. The minimum atomic E-state index is -0.349. The molecule has 1 aromatic heterocycles. The first kappa shape index (κ1) is 9.61. The molecule has 1 aromatic carbocycles. The van der Waals surface area contributed by atoms with Crippen LogP contribution in [0.1, 0.15) is 5.56 Å². The van der Waals surface area contributed by atoms with Crippen LogP contribution in [0.5, 0.6) is 0 Å². The van der Waals surface area contributed by atoms with Gasteiger partial charge in [0.1, 0.15) is 0 Å². The first-order chi connectivity index (χ1) is 6.59. The molecule has 0 amide bonds. The number of rotatable bonds is 1. The molecule has 3 nitrogen and oxygen atoms in total. The summed E-state index contributed by atoms with van der Waals surface area (Å²) in [6, 6.07) is 5.41. The molecule has 0 aliphatic rings. The second-order valence-electron chi connectivity index (χ2n) is 2.93. The van der Waals surface area contributed by atoms with Gasteiger partial charge in [-0.05, 0) is 23.9 Å². The highest BCUT2D eigenvalue weighted by Gasteiger charge is 2.13. The van der Waals surface area contributed by atoms with E-state index in [9.17, 15) is 10.1 Å². The summed E-state index contributed by atoms with van der Waals surface area (Å²) in [6.07, 6.45) is 0. The maximum Gasteiger partial charge on any atom is 0.325 e. The summed E-state index contributed by atoms with van der Waals surface area (Å²) >= 11 is 4.62. The number of fused-ring (bicyclic) bond motifs is 1. The van der Waals surface area contributed by atoms with Gasteiger partial charge in [-0.1, -0.05) is 33.3 Å². The Hall–Kier alpha value is -0.940. The van der Waals surface area contributed by atoms with Crippen LogP contribution in [0, 0.1) is 17.0 Å². The number of benzene rings is 1. The van der Waals surface area contributed by atoms with Gasteiger partial charge < -0.3 is 0 Å². The van der Waals surface area contributed by atoms with E-state index in [-0.39, 0.29) is 9.92 Å². The minimum absolute atomic E-state index is 0.196. The van der Waals surface area contributed by atoms with Gasteiger partial charge >= 0.3 is 5.00 Å². The van der Waals surface area contributed by atoms with Crippen molar-refractivity contribution in [2.75, 3.05) is 0 Å². The Labute approximate surface area is 92.6 Å². The van der Waals surface area contributed by atoms with Crippen LogP contribution in [0.4, 0.5) is 5.00 Å². The number of hydrogen-bond donors (Lipinski definition) is 0. The molecular weight excluding hydrogens is 266 g/mol. The molecule has 5 heteroatoms. The van der Waals surface area contributed by atoms with E-state index in [1.165, 1.54) is 11.3 Å². The van der Waals surface area contributed by atoms with Crippen LogP contribution in [0.25, 0.3) is 10.1 Å². The van der Waals surface area contributed by atoms with Gasteiger partial charge in [-0.3, -0.25) is 10.1 Å². The van der Waals surface area contributed by atoms with Crippen molar-refractivity contribution in [3.05, 3.63) is 38.3 Å². The van der Waals surface area contributed by atoms with Gasteiger partial charge in [0.15, 0.2) is 0 Å². The molecule has 0 aliphatic carbocycles. The summed E-state index contributed by atoms with van der Waals surface area (Å²) in [4.78, 5) is 10.2. The molecular formula is C9H6BrNO2S. The lowest BCUT2D eigenvalue weighted by atomic mass is 10.2. The Kier molecular flexibility index (Phi) is 2.28. The molecule has 2 aromatic rings. The van der Waals surface area contributed by atoms with Crippen molar-refractivity contribution in [3.63, 3.8) is 0 Å². The Morgan fingerprint density at radius 2 is 2.21 bits per heavy atom. The van der Waals surface area contributed by atoms with Crippen LogP contribution in [-0.2, 0) is 0 Å².